The van der Waals surface area contributed by atoms with Crippen LogP contribution in [0.15, 0.2) is 30.3 Å². The summed E-state index contributed by atoms with van der Waals surface area (Å²) in [5.41, 5.74) is 0. The summed E-state index contributed by atoms with van der Waals surface area (Å²) in [7, 11) is -3.62. The molecule has 3 nitrogen and oxygen atoms in total. The van der Waals surface area contributed by atoms with Gasteiger partial charge in [-0.15, -0.1) is 0 Å². The summed E-state index contributed by atoms with van der Waals surface area (Å²) < 4.78 is 17.2. The summed E-state index contributed by atoms with van der Waals surface area (Å²) in [6.45, 7) is 2.59. The van der Waals surface area contributed by atoms with E-state index in [2.05, 4.69) is 6.92 Å². The van der Waals surface area contributed by atoms with Crippen molar-refractivity contribution in [3.8, 4) is 0 Å². The number of rotatable bonds is 12. The lowest BCUT2D eigenvalue weighted by Gasteiger charge is -2.12. The van der Waals surface area contributed by atoms with Gasteiger partial charge in [0.2, 0.25) is 0 Å². The second-order valence-electron chi connectivity index (χ2n) is 5.52. The van der Waals surface area contributed by atoms with Gasteiger partial charge in [0.25, 0.3) is 0 Å². The third-order valence-electron chi connectivity index (χ3n) is 3.60. The molecule has 1 rings (SSSR count). The van der Waals surface area contributed by atoms with Gasteiger partial charge >= 0.3 is 7.60 Å². The summed E-state index contributed by atoms with van der Waals surface area (Å²) in [5, 5.41) is 0.376. The van der Waals surface area contributed by atoms with Crippen molar-refractivity contribution in [1.82, 2.24) is 0 Å². The fourth-order valence-corrected chi connectivity index (χ4v) is 3.37. The molecule has 1 unspecified atom stereocenters. The predicted octanol–water partition coefficient (Wildman–Crippen LogP) is 5.04. The van der Waals surface area contributed by atoms with Crippen LogP contribution in [0.4, 0.5) is 0 Å². The lowest BCUT2D eigenvalue weighted by molar-refractivity contribution is 0.261. The van der Waals surface area contributed by atoms with Crippen molar-refractivity contribution in [1.29, 1.82) is 0 Å². The highest BCUT2D eigenvalue weighted by molar-refractivity contribution is 7.61. The van der Waals surface area contributed by atoms with Crippen LogP contribution in [0.25, 0.3) is 0 Å². The van der Waals surface area contributed by atoms with Gasteiger partial charge in [-0.1, -0.05) is 76.5 Å². The maximum atomic E-state index is 12.0. The summed E-state index contributed by atoms with van der Waals surface area (Å²) in [6.07, 6.45) is 11.0. The van der Waals surface area contributed by atoms with Crippen molar-refractivity contribution in [2.45, 2.75) is 64.7 Å². The van der Waals surface area contributed by atoms with Gasteiger partial charge in [-0.2, -0.15) is 0 Å². The Morgan fingerprint density at radius 3 is 2.00 bits per heavy atom. The Labute approximate surface area is 129 Å². The SMILES string of the molecule is CCCCCCCCCCCOP(=O)(O)c1ccccc1. The van der Waals surface area contributed by atoms with Crippen LogP contribution >= 0.6 is 7.60 Å². The molecule has 0 aliphatic rings. The number of hydrogen-bond donors (Lipinski definition) is 1. The maximum absolute atomic E-state index is 12.0. The van der Waals surface area contributed by atoms with Gasteiger partial charge in [0.1, 0.15) is 0 Å². The molecule has 0 heterocycles. The van der Waals surface area contributed by atoms with Gasteiger partial charge in [0.15, 0.2) is 0 Å². The van der Waals surface area contributed by atoms with E-state index in [-0.39, 0.29) is 0 Å². The van der Waals surface area contributed by atoms with Gasteiger partial charge in [0.05, 0.1) is 11.9 Å². The van der Waals surface area contributed by atoms with Crippen LogP contribution in [0.1, 0.15) is 64.7 Å². The largest absolute Gasteiger partial charge is 0.358 e. The molecule has 0 saturated carbocycles. The Balaban J connectivity index is 2.03. The van der Waals surface area contributed by atoms with E-state index in [1.165, 1.54) is 44.9 Å². The fourth-order valence-electron chi connectivity index (χ4n) is 2.29. The molecule has 1 aromatic carbocycles. The summed E-state index contributed by atoms with van der Waals surface area (Å²) >= 11 is 0. The van der Waals surface area contributed by atoms with Crippen LogP contribution in [0.5, 0.6) is 0 Å². The van der Waals surface area contributed by atoms with E-state index in [9.17, 15) is 9.46 Å². The molecule has 0 spiro atoms. The van der Waals surface area contributed by atoms with Gasteiger partial charge in [0, 0.05) is 0 Å². The third kappa shape index (κ3) is 8.40. The van der Waals surface area contributed by atoms with E-state index < -0.39 is 7.60 Å². The molecular formula is C17H29O3P. The van der Waals surface area contributed by atoms with Gasteiger partial charge < -0.3 is 9.42 Å². The average Bonchev–Trinajstić information content (AvgIpc) is 2.50. The Morgan fingerprint density at radius 1 is 0.905 bits per heavy atom. The molecule has 0 aliphatic carbocycles. The molecule has 0 fully saturated rings. The topological polar surface area (TPSA) is 46.5 Å². The molecule has 120 valence electrons. The zero-order chi connectivity index (χ0) is 15.4. The Bertz CT molecular complexity index is 406. The molecule has 0 radical (unpaired) electrons. The average molecular weight is 312 g/mol. The fraction of sp³-hybridized carbons (Fsp3) is 0.647. The van der Waals surface area contributed by atoms with Crippen molar-refractivity contribution >= 4 is 12.9 Å². The van der Waals surface area contributed by atoms with Crippen LogP contribution in [0, 0.1) is 0 Å². The van der Waals surface area contributed by atoms with E-state index in [1.807, 2.05) is 6.07 Å². The minimum Gasteiger partial charge on any atom is -0.321 e. The predicted molar refractivity (Wildman–Crippen MR) is 89.1 cm³/mol. The zero-order valence-corrected chi connectivity index (χ0v) is 14.1. The molecule has 4 heteroatoms. The molecular weight excluding hydrogens is 283 g/mol. The van der Waals surface area contributed by atoms with Crippen molar-refractivity contribution in [2.24, 2.45) is 0 Å². The molecule has 0 aromatic heterocycles. The summed E-state index contributed by atoms with van der Waals surface area (Å²) in [5.74, 6) is 0. The lowest BCUT2D eigenvalue weighted by atomic mass is 10.1. The van der Waals surface area contributed by atoms with E-state index in [0.29, 0.717) is 11.9 Å². The molecule has 0 saturated heterocycles. The number of unbranched alkanes of at least 4 members (excludes halogenated alkanes) is 8. The van der Waals surface area contributed by atoms with Crippen LogP contribution in [-0.4, -0.2) is 11.5 Å². The molecule has 21 heavy (non-hydrogen) atoms. The van der Waals surface area contributed by atoms with Crippen molar-refractivity contribution in [2.75, 3.05) is 6.61 Å². The highest BCUT2D eigenvalue weighted by atomic mass is 31.2. The smallest absolute Gasteiger partial charge is 0.321 e. The molecule has 1 N–H and O–H groups in total. The second kappa shape index (κ2) is 11.0. The van der Waals surface area contributed by atoms with Crippen LogP contribution in [0.3, 0.4) is 0 Å². The van der Waals surface area contributed by atoms with Crippen LogP contribution < -0.4 is 5.30 Å². The molecule has 0 aliphatic heterocycles. The molecule has 0 amide bonds. The summed E-state index contributed by atoms with van der Waals surface area (Å²) in [4.78, 5) is 9.84. The Morgan fingerprint density at radius 2 is 1.43 bits per heavy atom. The Kier molecular flexibility index (Phi) is 9.65. The zero-order valence-electron chi connectivity index (χ0n) is 13.2. The lowest BCUT2D eigenvalue weighted by Crippen LogP contribution is -2.07. The highest BCUT2D eigenvalue weighted by Gasteiger charge is 2.21. The first-order chi connectivity index (χ1) is 10.2. The van der Waals surface area contributed by atoms with E-state index in [4.69, 9.17) is 4.52 Å². The van der Waals surface area contributed by atoms with Gasteiger partial charge in [-0.25, -0.2) is 0 Å². The van der Waals surface area contributed by atoms with E-state index in [1.54, 1.807) is 24.3 Å². The Hall–Kier alpha value is -0.630. The van der Waals surface area contributed by atoms with Crippen molar-refractivity contribution in [3.05, 3.63) is 30.3 Å². The molecule has 1 atom stereocenters. The minimum atomic E-state index is -3.62. The normalized spacial score (nSPS) is 14.0. The standard InChI is InChI=1S/C17H29O3P/c1-2-3-4-5-6-7-8-9-13-16-20-21(18,19)17-14-11-10-12-15-17/h10-12,14-15H,2-9,13,16H2,1H3,(H,18,19). The number of benzene rings is 1. The third-order valence-corrected chi connectivity index (χ3v) is 5.08. The highest BCUT2D eigenvalue weighted by Crippen LogP contribution is 2.40. The minimum absolute atomic E-state index is 0.360. The van der Waals surface area contributed by atoms with Gasteiger partial charge in [-0.3, -0.25) is 4.57 Å². The summed E-state index contributed by atoms with van der Waals surface area (Å²) in [6, 6.07) is 8.60. The van der Waals surface area contributed by atoms with Gasteiger partial charge in [-0.05, 0) is 18.6 Å². The van der Waals surface area contributed by atoms with Crippen molar-refractivity contribution < 1.29 is 14.0 Å². The second-order valence-corrected chi connectivity index (χ2v) is 7.33. The van der Waals surface area contributed by atoms with E-state index >= 15 is 0 Å². The molecule has 1 aromatic rings. The van der Waals surface area contributed by atoms with E-state index in [0.717, 1.165) is 12.8 Å². The first-order valence-corrected chi connectivity index (χ1v) is 9.77. The monoisotopic (exact) mass is 312 g/mol. The first-order valence-electron chi connectivity index (χ1n) is 8.20. The first kappa shape index (κ1) is 18.4. The number of hydrogen-bond acceptors (Lipinski definition) is 2. The quantitative estimate of drug-likeness (QED) is 0.434. The molecule has 0 bridgehead atoms. The van der Waals surface area contributed by atoms with Crippen LogP contribution in [0.2, 0.25) is 0 Å². The maximum Gasteiger partial charge on any atom is 0.358 e. The van der Waals surface area contributed by atoms with Crippen LogP contribution in [-0.2, 0) is 9.09 Å². The van der Waals surface area contributed by atoms with Crippen molar-refractivity contribution in [3.63, 3.8) is 0 Å².